The lowest BCUT2D eigenvalue weighted by molar-refractivity contribution is -0.104. The molecule has 0 unspecified atom stereocenters. The highest BCUT2D eigenvalue weighted by atomic mass is 32.3. The topological polar surface area (TPSA) is 36.9 Å². The lowest BCUT2D eigenvalue weighted by atomic mass is 9.72. The van der Waals surface area contributed by atoms with E-state index in [1.165, 1.54) is 17.5 Å². The second kappa shape index (κ2) is 8.73. The van der Waals surface area contributed by atoms with Crippen molar-refractivity contribution >= 4 is 10.3 Å². The summed E-state index contributed by atoms with van der Waals surface area (Å²) in [7, 11) is 0.436. The van der Waals surface area contributed by atoms with E-state index in [1.54, 1.807) is 7.11 Å². The molecule has 0 N–H and O–H groups in total. The fraction of sp³-hybridized carbons (Fsp3) is 0.727. The number of methoxy groups -OCH3 is 1. The Hall–Kier alpha value is -0.750. The molecule has 5 heteroatoms. The van der Waals surface area contributed by atoms with Crippen molar-refractivity contribution in [3.05, 3.63) is 28.8 Å². The predicted molar refractivity (Wildman–Crippen MR) is 115 cm³/mol. The van der Waals surface area contributed by atoms with Crippen LogP contribution in [0.1, 0.15) is 63.6 Å². The second-order valence-corrected chi connectivity index (χ2v) is 12.6. The number of aryl methyl sites for hydroxylation is 1. The minimum Gasteiger partial charge on any atom is -0.467 e. The first-order valence-electron chi connectivity index (χ1n) is 9.84. The molecular weight excluding hydrogens is 360 g/mol. The van der Waals surface area contributed by atoms with Crippen molar-refractivity contribution in [1.82, 2.24) is 0 Å². The highest BCUT2D eigenvalue weighted by Gasteiger charge is 2.44. The summed E-state index contributed by atoms with van der Waals surface area (Å²) in [6.45, 7) is 12.5. The Balaban J connectivity index is 2.45. The molecule has 0 amide bonds. The minimum absolute atomic E-state index is 0.124. The van der Waals surface area contributed by atoms with Gasteiger partial charge in [0.2, 0.25) is 0 Å². The van der Waals surface area contributed by atoms with Crippen LogP contribution in [0.15, 0.2) is 12.1 Å². The fourth-order valence-electron chi connectivity index (χ4n) is 3.28. The molecule has 0 aliphatic heterocycles. The molecule has 1 saturated carbocycles. The van der Waals surface area contributed by atoms with E-state index < -0.39 is 10.3 Å². The van der Waals surface area contributed by atoms with Crippen molar-refractivity contribution in [2.24, 2.45) is 0 Å². The molecule has 1 aromatic rings. The van der Waals surface area contributed by atoms with Crippen LogP contribution in [0.3, 0.4) is 0 Å². The average molecular weight is 399 g/mol. The monoisotopic (exact) mass is 398 g/mol. The molecule has 0 radical (unpaired) electrons. The molecule has 0 bridgehead atoms. The zero-order valence-corrected chi connectivity index (χ0v) is 19.3. The quantitative estimate of drug-likeness (QED) is 0.501. The van der Waals surface area contributed by atoms with Crippen molar-refractivity contribution in [1.29, 1.82) is 0 Å². The standard InChI is InChI=1S/C22H38O4S/c1-9-25-22(13-10-14-22)20-18(15-26-27(7,8)21(3,4)5)17(2)11-12-19(20)24-16-23-6/h11-12H,9-10,13-16H2,1-8H3. The van der Waals surface area contributed by atoms with Gasteiger partial charge in [0.1, 0.15) is 5.75 Å². The van der Waals surface area contributed by atoms with Gasteiger partial charge in [-0.2, -0.15) is 0 Å². The van der Waals surface area contributed by atoms with Gasteiger partial charge in [-0.25, -0.2) is 0 Å². The minimum atomic E-state index is -1.21. The van der Waals surface area contributed by atoms with E-state index >= 15 is 0 Å². The Morgan fingerprint density at radius 3 is 2.30 bits per heavy atom. The van der Waals surface area contributed by atoms with E-state index in [4.69, 9.17) is 18.4 Å². The predicted octanol–water partition coefficient (Wildman–Crippen LogP) is 5.69. The molecule has 2 rings (SSSR count). The second-order valence-electron chi connectivity index (χ2n) is 8.67. The van der Waals surface area contributed by atoms with Gasteiger partial charge in [0.15, 0.2) is 6.79 Å². The number of benzene rings is 1. The number of hydrogen-bond acceptors (Lipinski definition) is 4. The van der Waals surface area contributed by atoms with Crippen LogP contribution in [-0.4, -0.2) is 37.8 Å². The largest absolute Gasteiger partial charge is 0.467 e. The van der Waals surface area contributed by atoms with E-state index in [2.05, 4.69) is 53.2 Å². The van der Waals surface area contributed by atoms with Gasteiger partial charge in [0.05, 0.1) is 12.2 Å². The van der Waals surface area contributed by atoms with Gasteiger partial charge in [0, 0.05) is 24.0 Å². The first-order chi connectivity index (χ1) is 12.6. The van der Waals surface area contributed by atoms with E-state index in [9.17, 15) is 0 Å². The summed E-state index contributed by atoms with van der Waals surface area (Å²) in [5.74, 6) is 0.859. The van der Waals surface area contributed by atoms with Gasteiger partial charge in [-0.1, -0.05) is 26.8 Å². The van der Waals surface area contributed by atoms with Crippen LogP contribution in [0.2, 0.25) is 0 Å². The molecule has 0 heterocycles. The maximum atomic E-state index is 6.54. The SMILES string of the molecule is CCOC1(c2c(OCOC)ccc(C)c2COS(C)(C)C(C)(C)C)CCC1. The van der Waals surface area contributed by atoms with Crippen LogP contribution < -0.4 is 4.74 Å². The van der Waals surface area contributed by atoms with E-state index in [0.717, 1.165) is 24.2 Å². The van der Waals surface area contributed by atoms with E-state index in [-0.39, 0.29) is 17.1 Å². The molecule has 1 fully saturated rings. The molecule has 0 aromatic heterocycles. The molecule has 0 saturated heterocycles. The number of hydrogen-bond donors (Lipinski definition) is 0. The van der Waals surface area contributed by atoms with Crippen LogP contribution in [0, 0.1) is 6.92 Å². The number of ether oxygens (including phenoxy) is 3. The fourth-order valence-corrected chi connectivity index (χ4v) is 4.05. The molecular formula is C22H38O4S. The first kappa shape index (κ1) is 22.5. The Morgan fingerprint density at radius 1 is 1.15 bits per heavy atom. The highest BCUT2D eigenvalue weighted by Crippen LogP contribution is 2.55. The molecule has 0 atom stereocenters. The lowest BCUT2D eigenvalue weighted by Crippen LogP contribution is -2.39. The third kappa shape index (κ3) is 4.81. The average Bonchev–Trinajstić information content (AvgIpc) is 2.55. The summed E-state index contributed by atoms with van der Waals surface area (Å²) in [5.41, 5.74) is 3.34. The van der Waals surface area contributed by atoms with Crippen LogP contribution >= 0.6 is 10.3 Å². The van der Waals surface area contributed by atoms with Crippen molar-refractivity contribution < 1.29 is 18.4 Å². The zero-order valence-electron chi connectivity index (χ0n) is 18.4. The summed E-state index contributed by atoms with van der Waals surface area (Å²) >= 11 is 0. The van der Waals surface area contributed by atoms with Crippen molar-refractivity contribution in [3.63, 3.8) is 0 Å². The zero-order chi connectivity index (χ0) is 20.3. The Morgan fingerprint density at radius 2 is 1.81 bits per heavy atom. The third-order valence-electron chi connectivity index (χ3n) is 5.85. The third-order valence-corrected chi connectivity index (χ3v) is 9.51. The molecule has 1 aliphatic carbocycles. The molecule has 27 heavy (non-hydrogen) atoms. The Kier molecular flexibility index (Phi) is 7.28. The van der Waals surface area contributed by atoms with Gasteiger partial charge < -0.3 is 18.4 Å². The maximum Gasteiger partial charge on any atom is 0.188 e. The summed E-state index contributed by atoms with van der Waals surface area (Å²) in [4.78, 5) is 0. The summed E-state index contributed by atoms with van der Waals surface area (Å²) < 4.78 is 24.1. The van der Waals surface area contributed by atoms with E-state index in [1.807, 2.05) is 6.07 Å². The van der Waals surface area contributed by atoms with Gasteiger partial charge in [-0.15, -0.1) is 10.3 Å². The lowest BCUT2D eigenvalue weighted by Gasteiger charge is -2.46. The van der Waals surface area contributed by atoms with Crippen LogP contribution in [0.5, 0.6) is 5.75 Å². The molecule has 4 nitrogen and oxygen atoms in total. The Labute approximate surface area is 167 Å². The highest BCUT2D eigenvalue weighted by molar-refractivity contribution is 8.29. The summed E-state index contributed by atoms with van der Waals surface area (Å²) in [6, 6.07) is 4.17. The van der Waals surface area contributed by atoms with Crippen LogP contribution in [0.4, 0.5) is 0 Å². The molecule has 1 aliphatic rings. The number of rotatable bonds is 9. The van der Waals surface area contributed by atoms with Gasteiger partial charge in [-0.05, 0) is 62.8 Å². The van der Waals surface area contributed by atoms with Crippen molar-refractivity contribution in [3.8, 4) is 5.75 Å². The van der Waals surface area contributed by atoms with Crippen LogP contribution in [0.25, 0.3) is 0 Å². The summed E-state index contributed by atoms with van der Waals surface area (Å²) in [6.07, 6.45) is 7.72. The maximum absolute atomic E-state index is 6.54. The van der Waals surface area contributed by atoms with Gasteiger partial charge in [-0.3, -0.25) is 0 Å². The normalized spacial score (nSPS) is 17.5. The smallest absolute Gasteiger partial charge is 0.188 e. The molecule has 0 spiro atoms. The molecule has 1 aromatic carbocycles. The van der Waals surface area contributed by atoms with Crippen molar-refractivity contribution in [2.75, 3.05) is 33.0 Å². The molecule has 156 valence electrons. The summed E-state index contributed by atoms with van der Waals surface area (Å²) in [5, 5.41) is 0. The van der Waals surface area contributed by atoms with E-state index in [0.29, 0.717) is 13.2 Å². The van der Waals surface area contributed by atoms with Gasteiger partial charge >= 0.3 is 0 Å². The first-order valence-corrected chi connectivity index (χ1v) is 12.2. The Bertz CT molecular complexity index is 630. The van der Waals surface area contributed by atoms with Crippen molar-refractivity contribution in [2.45, 2.75) is 70.8 Å². The van der Waals surface area contributed by atoms with Crippen LogP contribution in [-0.2, 0) is 25.9 Å². The van der Waals surface area contributed by atoms with Gasteiger partial charge in [0.25, 0.3) is 0 Å².